The SMILES string of the molecule is CCC(C)[C](C)C#N. The maximum atomic E-state index is 8.35. The highest BCUT2D eigenvalue weighted by atomic mass is 14.3. The highest BCUT2D eigenvalue weighted by Crippen LogP contribution is 2.14. The Kier molecular flexibility index (Phi) is 3.26. The van der Waals surface area contributed by atoms with E-state index in [0.717, 1.165) is 12.3 Å². The molecule has 0 saturated heterocycles. The van der Waals surface area contributed by atoms with E-state index >= 15 is 0 Å². The van der Waals surface area contributed by atoms with Gasteiger partial charge in [0.2, 0.25) is 0 Å². The smallest absolute Gasteiger partial charge is 0.0757 e. The fourth-order valence-electron chi connectivity index (χ4n) is 0.416. The molecule has 0 aromatic rings. The number of nitriles is 1. The van der Waals surface area contributed by atoms with Crippen LogP contribution in [0.3, 0.4) is 0 Å². The number of hydrogen-bond acceptors (Lipinski definition) is 1. The van der Waals surface area contributed by atoms with Gasteiger partial charge in [0.15, 0.2) is 0 Å². The Balaban J connectivity index is 3.49. The minimum atomic E-state index is 0.472. The Hall–Kier alpha value is -0.510. The molecule has 0 N–H and O–H groups in total. The summed E-state index contributed by atoms with van der Waals surface area (Å²) in [5, 5.41) is 8.35. The predicted octanol–water partition coefficient (Wildman–Crippen LogP) is 2.15. The van der Waals surface area contributed by atoms with Crippen molar-refractivity contribution in [1.82, 2.24) is 0 Å². The zero-order valence-electron chi connectivity index (χ0n) is 5.73. The van der Waals surface area contributed by atoms with Crippen molar-refractivity contribution in [3.05, 3.63) is 5.92 Å². The van der Waals surface area contributed by atoms with Crippen LogP contribution < -0.4 is 0 Å². The molecule has 1 nitrogen and oxygen atoms in total. The fourth-order valence-corrected chi connectivity index (χ4v) is 0.416. The standard InChI is InChI=1S/C7H12N/c1-4-6(2)7(3)5-8/h6H,4H2,1-3H3. The molecule has 0 spiro atoms. The van der Waals surface area contributed by atoms with E-state index in [0.29, 0.717) is 5.92 Å². The highest BCUT2D eigenvalue weighted by Gasteiger charge is 2.07. The topological polar surface area (TPSA) is 23.8 Å². The summed E-state index contributed by atoms with van der Waals surface area (Å²) in [5.41, 5.74) is 0. The first-order chi connectivity index (χ1) is 3.72. The van der Waals surface area contributed by atoms with Gasteiger partial charge in [-0.1, -0.05) is 20.3 Å². The number of rotatable bonds is 2. The third kappa shape index (κ3) is 1.97. The van der Waals surface area contributed by atoms with Gasteiger partial charge in [-0.3, -0.25) is 0 Å². The average molecular weight is 110 g/mol. The van der Waals surface area contributed by atoms with Crippen molar-refractivity contribution in [1.29, 1.82) is 5.26 Å². The van der Waals surface area contributed by atoms with Gasteiger partial charge in [0.1, 0.15) is 0 Å². The van der Waals surface area contributed by atoms with Crippen molar-refractivity contribution in [3.8, 4) is 6.07 Å². The van der Waals surface area contributed by atoms with Crippen molar-refractivity contribution in [3.63, 3.8) is 0 Å². The molecule has 0 aliphatic carbocycles. The molecule has 0 amide bonds. The zero-order valence-corrected chi connectivity index (χ0v) is 5.73. The van der Waals surface area contributed by atoms with Crippen LogP contribution in [0, 0.1) is 23.2 Å². The van der Waals surface area contributed by atoms with Crippen LogP contribution in [0.4, 0.5) is 0 Å². The molecule has 1 radical (unpaired) electrons. The Morgan fingerprint density at radius 3 is 2.38 bits per heavy atom. The molecule has 8 heavy (non-hydrogen) atoms. The average Bonchev–Trinajstić information content (AvgIpc) is 1.84. The van der Waals surface area contributed by atoms with Gasteiger partial charge in [0, 0.05) is 0 Å². The lowest BCUT2D eigenvalue weighted by atomic mass is 9.95. The van der Waals surface area contributed by atoms with Crippen molar-refractivity contribution in [2.45, 2.75) is 27.2 Å². The molecule has 45 valence electrons. The van der Waals surface area contributed by atoms with Gasteiger partial charge in [-0.05, 0) is 12.8 Å². The van der Waals surface area contributed by atoms with Crippen LogP contribution in [0.15, 0.2) is 0 Å². The summed E-state index contributed by atoms with van der Waals surface area (Å²) < 4.78 is 0. The van der Waals surface area contributed by atoms with Crippen molar-refractivity contribution < 1.29 is 0 Å². The Morgan fingerprint density at radius 2 is 2.25 bits per heavy atom. The van der Waals surface area contributed by atoms with Gasteiger partial charge in [-0.15, -0.1) is 0 Å². The van der Waals surface area contributed by atoms with Crippen LogP contribution in [-0.4, -0.2) is 0 Å². The molecule has 0 rings (SSSR count). The first-order valence-corrected chi connectivity index (χ1v) is 2.95. The summed E-state index contributed by atoms with van der Waals surface area (Å²) in [6.45, 7) is 6.04. The first kappa shape index (κ1) is 7.49. The van der Waals surface area contributed by atoms with E-state index < -0.39 is 0 Å². The van der Waals surface area contributed by atoms with Crippen LogP contribution in [0.2, 0.25) is 0 Å². The first-order valence-electron chi connectivity index (χ1n) is 2.95. The third-order valence-corrected chi connectivity index (χ3v) is 1.53. The molecule has 0 aliphatic rings. The second kappa shape index (κ2) is 3.49. The van der Waals surface area contributed by atoms with E-state index in [1.54, 1.807) is 0 Å². The van der Waals surface area contributed by atoms with Gasteiger partial charge in [0.05, 0.1) is 12.0 Å². The Bertz CT molecular complexity index is 91.1. The highest BCUT2D eigenvalue weighted by molar-refractivity contribution is 5.09. The van der Waals surface area contributed by atoms with Gasteiger partial charge >= 0.3 is 0 Å². The minimum Gasteiger partial charge on any atom is -0.198 e. The summed E-state index contributed by atoms with van der Waals surface area (Å²) in [4.78, 5) is 0. The lowest BCUT2D eigenvalue weighted by Gasteiger charge is -2.06. The van der Waals surface area contributed by atoms with Crippen LogP contribution in [0.5, 0.6) is 0 Å². The normalized spacial score (nSPS) is 13.4. The molecule has 0 saturated carbocycles. The third-order valence-electron chi connectivity index (χ3n) is 1.53. The van der Waals surface area contributed by atoms with Gasteiger partial charge < -0.3 is 0 Å². The zero-order chi connectivity index (χ0) is 6.57. The van der Waals surface area contributed by atoms with E-state index in [4.69, 9.17) is 5.26 Å². The fraction of sp³-hybridized carbons (Fsp3) is 0.714. The Labute approximate surface area is 51.3 Å². The van der Waals surface area contributed by atoms with Crippen molar-refractivity contribution in [2.75, 3.05) is 0 Å². The molecule has 0 aliphatic heterocycles. The van der Waals surface area contributed by atoms with Crippen LogP contribution >= 0.6 is 0 Å². The molecule has 0 bridgehead atoms. The van der Waals surface area contributed by atoms with E-state index in [2.05, 4.69) is 19.9 Å². The Morgan fingerprint density at radius 1 is 1.75 bits per heavy atom. The number of nitrogens with zero attached hydrogens (tertiary/aromatic N) is 1. The molecule has 0 heterocycles. The summed E-state index contributed by atoms with van der Waals surface area (Å²) in [6, 6.07) is 2.13. The molecule has 1 heteroatoms. The van der Waals surface area contributed by atoms with Crippen LogP contribution in [0.25, 0.3) is 0 Å². The second-order valence-electron chi connectivity index (χ2n) is 2.10. The van der Waals surface area contributed by atoms with Crippen molar-refractivity contribution in [2.24, 2.45) is 5.92 Å². The second-order valence-corrected chi connectivity index (χ2v) is 2.10. The molecule has 1 atom stereocenters. The maximum absolute atomic E-state index is 8.35. The molecule has 1 unspecified atom stereocenters. The molecular formula is C7H12N. The lowest BCUT2D eigenvalue weighted by molar-refractivity contribution is 0.610. The van der Waals surface area contributed by atoms with Gasteiger partial charge in [-0.25, -0.2) is 0 Å². The summed E-state index contributed by atoms with van der Waals surface area (Å²) in [5.74, 6) is 1.41. The van der Waals surface area contributed by atoms with E-state index in [1.807, 2.05) is 6.92 Å². The largest absolute Gasteiger partial charge is 0.198 e. The minimum absolute atomic E-state index is 0.472. The van der Waals surface area contributed by atoms with Crippen molar-refractivity contribution >= 4 is 0 Å². The maximum Gasteiger partial charge on any atom is 0.0757 e. The molecular weight excluding hydrogens is 98.1 g/mol. The predicted molar refractivity (Wildman–Crippen MR) is 34.0 cm³/mol. The van der Waals surface area contributed by atoms with E-state index in [-0.39, 0.29) is 0 Å². The summed E-state index contributed by atoms with van der Waals surface area (Å²) in [7, 11) is 0. The van der Waals surface area contributed by atoms with Gasteiger partial charge in [0.25, 0.3) is 0 Å². The summed E-state index contributed by atoms with van der Waals surface area (Å²) >= 11 is 0. The van der Waals surface area contributed by atoms with E-state index in [9.17, 15) is 0 Å². The monoisotopic (exact) mass is 110 g/mol. The van der Waals surface area contributed by atoms with E-state index in [1.165, 1.54) is 0 Å². The molecule has 0 fully saturated rings. The van der Waals surface area contributed by atoms with Crippen LogP contribution in [0.1, 0.15) is 27.2 Å². The number of hydrogen-bond donors (Lipinski definition) is 0. The lowest BCUT2D eigenvalue weighted by Crippen LogP contribution is -2.00. The van der Waals surface area contributed by atoms with Gasteiger partial charge in [-0.2, -0.15) is 5.26 Å². The van der Waals surface area contributed by atoms with Crippen LogP contribution in [-0.2, 0) is 0 Å². The molecule has 0 aromatic carbocycles. The molecule has 0 aromatic heterocycles. The quantitative estimate of drug-likeness (QED) is 0.534. The summed E-state index contributed by atoms with van der Waals surface area (Å²) in [6.07, 6.45) is 1.07.